The van der Waals surface area contributed by atoms with Crippen LogP contribution in [0.1, 0.15) is 40.5 Å². The Kier molecular flexibility index (Phi) is 7.10. The number of likely N-dealkylation sites (N-methyl/N-ethyl adjacent to an activating group) is 1. The van der Waals surface area contributed by atoms with Gasteiger partial charge in [-0.2, -0.15) is 0 Å². The molecule has 1 rings (SSSR count). The zero-order chi connectivity index (χ0) is 18.4. The third-order valence-corrected chi connectivity index (χ3v) is 3.76. The molecule has 0 unspecified atom stereocenters. The molecule has 136 valence electrons. The second kappa shape index (κ2) is 8.39. The van der Waals surface area contributed by atoms with E-state index in [0.717, 1.165) is 11.4 Å². The Labute approximate surface area is 143 Å². The van der Waals surface area contributed by atoms with E-state index in [-0.39, 0.29) is 36.3 Å². The minimum atomic E-state index is -0.427. The molecule has 1 heterocycles. The fraction of sp³-hybridized carbons (Fsp3) is 0.706. The van der Waals surface area contributed by atoms with Gasteiger partial charge in [0.2, 0.25) is 5.91 Å². The maximum absolute atomic E-state index is 12.1. The number of amides is 3. The molecule has 0 aliphatic carbocycles. The predicted molar refractivity (Wildman–Crippen MR) is 91.3 cm³/mol. The summed E-state index contributed by atoms with van der Waals surface area (Å²) in [6.45, 7) is 9.22. The fourth-order valence-electron chi connectivity index (χ4n) is 2.43. The van der Waals surface area contributed by atoms with Gasteiger partial charge in [-0.1, -0.05) is 0 Å². The summed E-state index contributed by atoms with van der Waals surface area (Å²) in [6.07, 6.45) is 3.19. The minimum absolute atomic E-state index is 0.0920. The van der Waals surface area contributed by atoms with Gasteiger partial charge in [-0.05, 0) is 41.2 Å². The first-order chi connectivity index (χ1) is 11.1. The second-order valence-corrected chi connectivity index (χ2v) is 7.23. The molecule has 0 fully saturated rings. The maximum Gasteiger partial charge on any atom is 0.253 e. The summed E-state index contributed by atoms with van der Waals surface area (Å²) in [6, 6.07) is 0. The van der Waals surface area contributed by atoms with Gasteiger partial charge in [0.1, 0.15) is 0 Å². The molecule has 7 heteroatoms. The van der Waals surface area contributed by atoms with Crippen molar-refractivity contribution in [2.75, 3.05) is 26.7 Å². The molecule has 1 aliphatic rings. The molecule has 0 saturated carbocycles. The van der Waals surface area contributed by atoms with Crippen molar-refractivity contribution < 1.29 is 19.1 Å². The van der Waals surface area contributed by atoms with Crippen LogP contribution in [0.25, 0.3) is 0 Å². The highest BCUT2D eigenvalue weighted by molar-refractivity contribution is 6.13. The van der Waals surface area contributed by atoms with Crippen molar-refractivity contribution in [3.8, 4) is 0 Å². The van der Waals surface area contributed by atoms with Crippen LogP contribution >= 0.6 is 0 Å². The van der Waals surface area contributed by atoms with Crippen molar-refractivity contribution in [3.05, 3.63) is 12.2 Å². The van der Waals surface area contributed by atoms with E-state index in [0.29, 0.717) is 13.0 Å². The molecule has 0 atom stereocenters. The van der Waals surface area contributed by atoms with Crippen LogP contribution in [0.2, 0.25) is 0 Å². The highest BCUT2D eigenvalue weighted by atomic mass is 16.5. The summed E-state index contributed by atoms with van der Waals surface area (Å²) >= 11 is 0. The van der Waals surface area contributed by atoms with Gasteiger partial charge >= 0.3 is 0 Å². The Morgan fingerprint density at radius 2 is 1.75 bits per heavy atom. The molecular weight excluding hydrogens is 310 g/mol. The van der Waals surface area contributed by atoms with E-state index in [1.807, 2.05) is 34.7 Å². The summed E-state index contributed by atoms with van der Waals surface area (Å²) in [7, 11) is 1.88. The van der Waals surface area contributed by atoms with E-state index in [9.17, 15) is 14.4 Å². The van der Waals surface area contributed by atoms with Crippen LogP contribution in [0.15, 0.2) is 12.2 Å². The lowest BCUT2D eigenvalue weighted by Gasteiger charge is -2.30. The molecule has 0 saturated heterocycles. The third kappa shape index (κ3) is 6.80. The molecule has 0 bridgehead atoms. The molecular formula is C17H29N3O4. The van der Waals surface area contributed by atoms with Crippen LogP contribution in [0.5, 0.6) is 0 Å². The molecule has 1 aliphatic heterocycles. The Hall–Kier alpha value is -1.73. The number of carbonyl (C=O) groups is 3. The molecule has 0 aromatic carbocycles. The first kappa shape index (κ1) is 20.3. The van der Waals surface area contributed by atoms with Gasteiger partial charge in [-0.3, -0.25) is 19.3 Å². The van der Waals surface area contributed by atoms with Gasteiger partial charge < -0.3 is 15.4 Å². The highest BCUT2D eigenvalue weighted by Gasteiger charge is 2.26. The number of ether oxygens (including phenoxy) is 1. The Morgan fingerprint density at radius 1 is 1.17 bits per heavy atom. The summed E-state index contributed by atoms with van der Waals surface area (Å²) in [4.78, 5) is 36.0. The number of nitrogens with one attached hydrogen (secondary N) is 2. The van der Waals surface area contributed by atoms with E-state index in [2.05, 4.69) is 10.6 Å². The predicted octanol–water partition coefficient (Wildman–Crippen LogP) is 0.601. The van der Waals surface area contributed by atoms with Crippen molar-refractivity contribution >= 4 is 17.7 Å². The fourth-order valence-corrected chi connectivity index (χ4v) is 2.43. The lowest BCUT2D eigenvalue weighted by Crippen LogP contribution is -2.46. The van der Waals surface area contributed by atoms with Crippen LogP contribution in [0.3, 0.4) is 0 Å². The average Bonchev–Trinajstić information content (AvgIpc) is 2.74. The van der Waals surface area contributed by atoms with E-state index in [4.69, 9.17) is 4.74 Å². The molecule has 0 radical (unpaired) electrons. The van der Waals surface area contributed by atoms with Crippen LogP contribution in [-0.4, -0.2) is 60.5 Å². The summed E-state index contributed by atoms with van der Waals surface area (Å²) in [5, 5.41) is 6.00. The minimum Gasteiger partial charge on any atom is -0.374 e. The Balaban J connectivity index is 2.33. The van der Waals surface area contributed by atoms with Gasteiger partial charge in [-0.25, -0.2) is 0 Å². The quantitative estimate of drug-likeness (QED) is 0.569. The van der Waals surface area contributed by atoms with Gasteiger partial charge in [0, 0.05) is 43.8 Å². The smallest absolute Gasteiger partial charge is 0.253 e. The van der Waals surface area contributed by atoms with Crippen molar-refractivity contribution in [1.82, 2.24) is 15.5 Å². The van der Waals surface area contributed by atoms with E-state index in [1.54, 1.807) is 0 Å². The first-order valence-corrected chi connectivity index (χ1v) is 8.19. The number of imide groups is 1. The monoisotopic (exact) mass is 339 g/mol. The number of nitrogens with zero attached hydrogens (tertiary/aromatic N) is 1. The zero-order valence-electron chi connectivity index (χ0n) is 15.3. The van der Waals surface area contributed by atoms with Crippen LogP contribution in [0.4, 0.5) is 0 Å². The van der Waals surface area contributed by atoms with Gasteiger partial charge in [0.05, 0.1) is 5.60 Å². The SMILES string of the molecule is CNCC(C)(C)OCCC(C)(C)NC(=O)CCN1C(=O)C=CC1=O. The largest absolute Gasteiger partial charge is 0.374 e. The second-order valence-electron chi connectivity index (χ2n) is 7.23. The standard InChI is InChI=1S/C17H29N3O4/c1-16(2,9-11-24-17(3,4)12-18-5)19-13(21)8-10-20-14(22)6-7-15(20)23/h6-7,18H,8-12H2,1-5H3,(H,19,21). The van der Waals surface area contributed by atoms with Crippen LogP contribution in [0, 0.1) is 0 Å². The molecule has 2 N–H and O–H groups in total. The topological polar surface area (TPSA) is 87.7 Å². The number of carbonyl (C=O) groups excluding carboxylic acids is 3. The van der Waals surface area contributed by atoms with Crippen molar-refractivity contribution in [2.24, 2.45) is 0 Å². The van der Waals surface area contributed by atoms with Gasteiger partial charge in [-0.15, -0.1) is 0 Å². The summed E-state index contributed by atoms with van der Waals surface area (Å²) < 4.78 is 5.84. The Morgan fingerprint density at radius 3 is 2.29 bits per heavy atom. The molecule has 0 spiro atoms. The molecule has 0 aromatic heterocycles. The summed E-state index contributed by atoms with van der Waals surface area (Å²) in [5.41, 5.74) is -0.692. The Bertz CT molecular complexity index is 494. The number of hydrogen-bond acceptors (Lipinski definition) is 5. The van der Waals surface area contributed by atoms with Crippen molar-refractivity contribution in [1.29, 1.82) is 0 Å². The summed E-state index contributed by atoms with van der Waals surface area (Å²) in [5.74, 6) is -0.929. The van der Waals surface area contributed by atoms with E-state index < -0.39 is 5.54 Å². The maximum atomic E-state index is 12.1. The molecule has 3 amide bonds. The van der Waals surface area contributed by atoms with Crippen LogP contribution < -0.4 is 10.6 Å². The number of hydrogen-bond donors (Lipinski definition) is 2. The third-order valence-electron chi connectivity index (χ3n) is 3.76. The average molecular weight is 339 g/mol. The van der Waals surface area contributed by atoms with E-state index in [1.165, 1.54) is 12.2 Å². The highest BCUT2D eigenvalue weighted by Crippen LogP contribution is 2.14. The van der Waals surface area contributed by atoms with Gasteiger partial charge in [0.15, 0.2) is 0 Å². The van der Waals surface area contributed by atoms with Crippen LogP contribution in [-0.2, 0) is 19.1 Å². The molecule has 0 aromatic rings. The lowest BCUT2D eigenvalue weighted by molar-refractivity contribution is -0.137. The first-order valence-electron chi connectivity index (χ1n) is 8.19. The van der Waals surface area contributed by atoms with Gasteiger partial charge in [0.25, 0.3) is 11.8 Å². The lowest BCUT2D eigenvalue weighted by atomic mass is 10.0. The number of rotatable bonds is 10. The van der Waals surface area contributed by atoms with Crippen molar-refractivity contribution in [3.63, 3.8) is 0 Å². The normalized spacial score (nSPS) is 15.3. The van der Waals surface area contributed by atoms with E-state index >= 15 is 0 Å². The molecule has 7 nitrogen and oxygen atoms in total. The van der Waals surface area contributed by atoms with Crippen molar-refractivity contribution in [2.45, 2.75) is 51.7 Å². The zero-order valence-corrected chi connectivity index (χ0v) is 15.3. The molecule has 24 heavy (non-hydrogen) atoms.